The number of rotatable bonds is 5. The fraction of sp³-hybridized carbons (Fsp3) is 0.444. The van der Waals surface area contributed by atoms with E-state index in [9.17, 15) is 18.0 Å². The summed E-state index contributed by atoms with van der Waals surface area (Å²) >= 11 is 0. The fourth-order valence-electron chi connectivity index (χ4n) is 3.29. The van der Waals surface area contributed by atoms with Gasteiger partial charge in [-0.05, 0) is 36.8 Å². The molecule has 0 unspecified atom stereocenters. The molecule has 1 fully saturated rings. The van der Waals surface area contributed by atoms with Gasteiger partial charge in [-0.25, -0.2) is 12.7 Å². The third-order valence-electron chi connectivity index (χ3n) is 4.82. The number of hydrogen-bond acceptors (Lipinski definition) is 4. The number of carbonyl (C=O) groups is 1. The summed E-state index contributed by atoms with van der Waals surface area (Å²) in [4.78, 5) is 27.2. The number of benzene rings is 1. The smallest absolute Gasteiger partial charge is 0.251 e. The van der Waals surface area contributed by atoms with Gasteiger partial charge in [-0.15, -0.1) is 0 Å². The maximum atomic E-state index is 12.3. The van der Waals surface area contributed by atoms with E-state index in [4.69, 9.17) is 0 Å². The van der Waals surface area contributed by atoms with Crippen molar-refractivity contribution < 1.29 is 13.2 Å². The van der Waals surface area contributed by atoms with Crippen molar-refractivity contribution in [3.8, 4) is 0 Å². The van der Waals surface area contributed by atoms with E-state index >= 15 is 0 Å². The summed E-state index contributed by atoms with van der Waals surface area (Å²) in [6, 6.07) is 9.42. The number of nitrogens with one attached hydrogen (secondary N) is 2. The monoisotopic (exact) mass is 377 g/mol. The zero-order valence-electron chi connectivity index (χ0n) is 14.7. The van der Waals surface area contributed by atoms with Crippen molar-refractivity contribution in [2.75, 3.05) is 25.9 Å². The third kappa shape index (κ3) is 4.31. The lowest BCUT2D eigenvalue weighted by Crippen LogP contribution is -2.43. The Morgan fingerprint density at radius 3 is 2.65 bits per heavy atom. The molecule has 3 rings (SSSR count). The van der Waals surface area contributed by atoms with Gasteiger partial charge in [0.15, 0.2) is 0 Å². The molecule has 1 aromatic carbocycles. The van der Waals surface area contributed by atoms with Crippen LogP contribution < -0.4 is 10.9 Å². The summed E-state index contributed by atoms with van der Waals surface area (Å²) in [5.41, 5.74) is 1.29. The Balaban J connectivity index is 1.53. The number of hydrogen-bond donors (Lipinski definition) is 2. The molecule has 2 aromatic rings. The molecule has 1 saturated heterocycles. The highest BCUT2D eigenvalue weighted by Gasteiger charge is 2.28. The molecule has 1 aliphatic rings. The van der Waals surface area contributed by atoms with Crippen molar-refractivity contribution in [1.82, 2.24) is 14.6 Å². The second kappa shape index (κ2) is 7.59. The number of piperidine rings is 1. The number of aromatic nitrogens is 1. The molecule has 2 N–H and O–H groups in total. The Morgan fingerprint density at radius 2 is 1.96 bits per heavy atom. The number of fused-ring (bicyclic) bond motifs is 1. The molecule has 0 saturated carbocycles. The summed E-state index contributed by atoms with van der Waals surface area (Å²) in [6.07, 6.45) is 2.69. The Labute approximate surface area is 152 Å². The second-order valence-electron chi connectivity index (χ2n) is 6.69. The molecular formula is C18H23N3O4S. The second-order valence-corrected chi connectivity index (χ2v) is 8.67. The van der Waals surface area contributed by atoms with Gasteiger partial charge in [0.25, 0.3) is 5.56 Å². The molecule has 0 spiro atoms. The van der Waals surface area contributed by atoms with Crippen LogP contribution in [0, 0.1) is 5.92 Å². The largest absolute Gasteiger partial charge is 0.356 e. The van der Waals surface area contributed by atoms with Crippen molar-refractivity contribution in [3.05, 3.63) is 46.2 Å². The molecule has 0 atom stereocenters. The van der Waals surface area contributed by atoms with E-state index in [1.807, 2.05) is 30.3 Å². The van der Waals surface area contributed by atoms with Crippen LogP contribution in [0.15, 0.2) is 35.1 Å². The zero-order valence-corrected chi connectivity index (χ0v) is 15.5. The van der Waals surface area contributed by atoms with Gasteiger partial charge < -0.3 is 10.3 Å². The van der Waals surface area contributed by atoms with Crippen LogP contribution in [0.1, 0.15) is 18.4 Å². The van der Waals surface area contributed by atoms with E-state index in [1.54, 1.807) is 0 Å². The van der Waals surface area contributed by atoms with E-state index in [0.29, 0.717) is 44.5 Å². The van der Waals surface area contributed by atoms with Crippen LogP contribution in [0.5, 0.6) is 0 Å². The quantitative estimate of drug-likeness (QED) is 0.807. The number of H-pyrrole nitrogens is 1. The predicted octanol–water partition coefficient (Wildman–Crippen LogP) is 0.858. The Kier molecular flexibility index (Phi) is 5.43. The van der Waals surface area contributed by atoms with Gasteiger partial charge in [0.1, 0.15) is 0 Å². The van der Waals surface area contributed by atoms with Crippen LogP contribution in [0.3, 0.4) is 0 Å². The first-order valence-electron chi connectivity index (χ1n) is 8.68. The van der Waals surface area contributed by atoms with Crippen molar-refractivity contribution in [1.29, 1.82) is 0 Å². The summed E-state index contributed by atoms with van der Waals surface area (Å²) < 4.78 is 24.4. The maximum absolute atomic E-state index is 12.3. The topological polar surface area (TPSA) is 99.3 Å². The van der Waals surface area contributed by atoms with E-state index in [2.05, 4.69) is 10.3 Å². The maximum Gasteiger partial charge on any atom is 0.251 e. The highest BCUT2D eigenvalue weighted by molar-refractivity contribution is 7.88. The minimum Gasteiger partial charge on any atom is -0.356 e. The van der Waals surface area contributed by atoms with Crippen LogP contribution in [0.2, 0.25) is 0 Å². The van der Waals surface area contributed by atoms with Gasteiger partial charge in [0, 0.05) is 36.6 Å². The molecule has 140 valence electrons. The lowest BCUT2D eigenvalue weighted by molar-refractivity contribution is -0.126. The highest BCUT2D eigenvalue weighted by Crippen LogP contribution is 2.19. The number of pyridine rings is 1. The summed E-state index contributed by atoms with van der Waals surface area (Å²) in [7, 11) is -3.19. The molecule has 0 aliphatic carbocycles. The Hall–Kier alpha value is -2.19. The highest BCUT2D eigenvalue weighted by atomic mass is 32.2. The van der Waals surface area contributed by atoms with Gasteiger partial charge in [0.2, 0.25) is 15.9 Å². The molecule has 1 aliphatic heterocycles. The third-order valence-corrected chi connectivity index (χ3v) is 6.12. The van der Waals surface area contributed by atoms with Crippen molar-refractivity contribution in [2.24, 2.45) is 5.92 Å². The number of sulfonamides is 1. The molecular weight excluding hydrogens is 354 g/mol. The van der Waals surface area contributed by atoms with Crippen molar-refractivity contribution in [3.63, 3.8) is 0 Å². The SMILES string of the molecule is CS(=O)(=O)N1CCC(C(=O)NCCc2cc3ccccc3[nH]c2=O)CC1. The lowest BCUT2D eigenvalue weighted by Gasteiger charge is -2.29. The molecule has 7 nitrogen and oxygen atoms in total. The predicted molar refractivity (Wildman–Crippen MR) is 100 cm³/mol. The van der Waals surface area contributed by atoms with Crippen molar-refractivity contribution in [2.45, 2.75) is 19.3 Å². The number of carbonyl (C=O) groups excluding carboxylic acids is 1. The van der Waals surface area contributed by atoms with Crippen molar-refractivity contribution >= 4 is 26.8 Å². The molecule has 8 heteroatoms. The summed E-state index contributed by atoms with van der Waals surface area (Å²) in [5, 5.41) is 3.83. The van der Waals surface area contributed by atoms with Crippen LogP contribution >= 0.6 is 0 Å². The van der Waals surface area contributed by atoms with Gasteiger partial charge in [-0.2, -0.15) is 0 Å². The summed E-state index contributed by atoms with van der Waals surface area (Å²) in [6.45, 7) is 1.13. The fourth-order valence-corrected chi connectivity index (χ4v) is 4.17. The molecule has 0 bridgehead atoms. The first-order chi connectivity index (χ1) is 12.3. The summed E-state index contributed by atoms with van der Waals surface area (Å²) in [5.74, 6) is -0.252. The van der Waals surface area contributed by atoms with Gasteiger partial charge in [0.05, 0.1) is 6.26 Å². The minimum atomic E-state index is -3.19. The van der Waals surface area contributed by atoms with E-state index in [-0.39, 0.29) is 17.4 Å². The van der Waals surface area contributed by atoms with Crippen LogP contribution in [-0.4, -0.2) is 49.5 Å². The molecule has 26 heavy (non-hydrogen) atoms. The van der Waals surface area contributed by atoms with E-state index in [1.165, 1.54) is 10.6 Å². The average Bonchev–Trinajstić information content (AvgIpc) is 2.61. The molecule has 0 radical (unpaired) electrons. The minimum absolute atomic E-state index is 0.0737. The van der Waals surface area contributed by atoms with Gasteiger partial charge in [-0.1, -0.05) is 18.2 Å². The number of para-hydroxylation sites is 1. The normalized spacial score (nSPS) is 16.7. The van der Waals surface area contributed by atoms with Gasteiger partial charge in [-0.3, -0.25) is 9.59 Å². The van der Waals surface area contributed by atoms with Crippen LogP contribution in [0.4, 0.5) is 0 Å². The number of aromatic amines is 1. The lowest BCUT2D eigenvalue weighted by atomic mass is 9.97. The molecule has 2 heterocycles. The van der Waals surface area contributed by atoms with Gasteiger partial charge >= 0.3 is 0 Å². The number of nitrogens with zero attached hydrogens (tertiary/aromatic N) is 1. The average molecular weight is 377 g/mol. The Bertz CT molecular complexity index is 960. The van der Waals surface area contributed by atoms with Crippen LogP contribution in [-0.2, 0) is 21.2 Å². The van der Waals surface area contributed by atoms with E-state index < -0.39 is 10.0 Å². The van der Waals surface area contributed by atoms with E-state index in [0.717, 1.165) is 10.9 Å². The first kappa shape index (κ1) is 18.6. The zero-order chi connectivity index (χ0) is 18.7. The molecule has 1 amide bonds. The number of amides is 1. The standard InChI is InChI=1S/C18H23N3O4S/c1-26(24,25)21-10-7-13(8-11-21)17(22)19-9-6-15-12-14-4-2-3-5-16(14)20-18(15)23/h2-5,12-13H,6-11H2,1H3,(H,19,22)(H,20,23). The molecule has 1 aromatic heterocycles. The Morgan fingerprint density at radius 1 is 1.27 bits per heavy atom. The first-order valence-corrected chi connectivity index (χ1v) is 10.5. The van der Waals surface area contributed by atoms with Crippen LogP contribution in [0.25, 0.3) is 10.9 Å².